The zero-order valence-electron chi connectivity index (χ0n) is 10.1. The third kappa shape index (κ3) is 4.36. The summed E-state index contributed by atoms with van der Waals surface area (Å²) in [6.45, 7) is 2.17. The van der Waals surface area contributed by atoms with Crippen molar-refractivity contribution in [2.75, 3.05) is 13.7 Å². The van der Waals surface area contributed by atoms with Crippen molar-refractivity contribution in [2.24, 2.45) is 0 Å². The van der Waals surface area contributed by atoms with Gasteiger partial charge < -0.3 is 10.1 Å². The number of hydrogen-bond donors (Lipinski definition) is 1. The first-order valence-electron chi connectivity index (χ1n) is 5.54. The molecule has 0 fully saturated rings. The number of carbonyl (C=O) groups excluding carboxylic acids is 2. The Balaban J connectivity index is 2.32. The molecule has 1 N–H and O–H groups in total. The van der Waals surface area contributed by atoms with Crippen LogP contribution in [-0.2, 0) is 9.53 Å². The quantitative estimate of drug-likeness (QED) is 0.598. The van der Waals surface area contributed by atoms with Gasteiger partial charge in [0.15, 0.2) is 5.78 Å². The number of ketones is 1. The van der Waals surface area contributed by atoms with Crippen molar-refractivity contribution in [1.82, 2.24) is 5.32 Å². The highest BCUT2D eigenvalue weighted by Crippen LogP contribution is 2.02. The number of nitrogens with one attached hydrogen (secondary N) is 1. The van der Waals surface area contributed by atoms with Crippen LogP contribution < -0.4 is 5.32 Å². The van der Waals surface area contributed by atoms with Crippen LogP contribution in [0.4, 0.5) is 0 Å². The summed E-state index contributed by atoms with van der Waals surface area (Å²) in [7, 11) is 1.34. The van der Waals surface area contributed by atoms with E-state index in [0.717, 1.165) is 0 Å². The van der Waals surface area contributed by atoms with Gasteiger partial charge in [0.1, 0.15) is 6.04 Å². The van der Waals surface area contributed by atoms with E-state index in [-0.39, 0.29) is 17.8 Å². The second-order valence-corrected chi connectivity index (χ2v) is 3.74. The number of methoxy groups -OCH3 is 1. The molecule has 0 unspecified atom stereocenters. The molecule has 0 radical (unpaired) electrons. The molecule has 0 heterocycles. The Kier molecular flexibility index (Phi) is 5.36. The van der Waals surface area contributed by atoms with Gasteiger partial charge in [-0.15, -0.1) is 0 Å². The Morgan fingerprint density at radius 3 is 2.53 bits per heavy atom. The minimum atomic E-state index is -0.386. The van der Waals surface area contributed by atoms with Crippen LogP contribution in [0.5, 0.6) is 0 Å². The highest BCUT2D eigenvalue weighted by molar-refractivity contribution is 5.96. The number of rotatable bonds is 6. The van der Waals surface area contributed by atoms with Gasteiger partial charge >= 0.3 is 5.97 Å². The number of esters is 1. The van der Waals surface area contributed by atoms with E-state index in [1.165, 1.54) is 7.11 Å². The molecule has 0 saturated heterocycles. The molecule has 1 atom stereocenters. The zero-order chi connectivity index (χ0) is 12.7. The van der Waals surface area contributed by atoms with E-state index in [9.17, 15) is 9.59 Å². The van der Waals surface area contributed by atoms with Crippen molar-refractivity contribution < 1.29 is 14.3 Å². The van der Waals surface area contributed by atoms with E-state index in [1.54, 1.807) is 19.1 Å². The molecule has 0 spiro atoms. The van der Waals surface area contributed by atoms with Crippen LogP contribution in [0, 0.1) is 0 Å². The maximum Gasteiger partial charge on any atom is 0.322 e. The average molecular weight is 235 g/mol. The summed E-state index contributed by atoms with van der Waals surface area (Å²) < 4.78 is 4.57. The predicted octanol–water partition coefficient (Wildman–Crippen LogP) is 1.41. The summed E-state index contributed by atoms with van der Waals surface area (Å²) in [5, 5.41) is 2.94. The molecule has 0 aliphatic carbocycles. The minimum Gasteiger partial charge on any atom is -0.468 e. The topological polar surface area (TPSA) is 55.4 Å². The van der Waals surface area contributed by atoms with Gasteiger partial charge in [0.05, 0.1) is 7.11 Å². The predicted molar refractivity (Wildman–Crippen MR) is 64.9 cm³/mol. The van der Waals surface area contributed by atoms with Gasteiger partial charge in [-0.05, 0) is 6.92 Å². The highest BCUT2D eigenvalue weighted by atomic mass is 16.5. The highest BCUT2D eigenvalue weighted by Gasteiger charge is 2.12. The summed E-state index contributed by atoms with van der Waals surface area (Å²) >= 11 is 0. The normalized spacial score (nSPS) is 11.9. The van der Waals surface area contributed by atoms with Gasteiger partial charge in [0.2, 0.25) is 0 Å². The monoisotopic (exact) mass is 235 g/mol. The fraction of sp³-hybridized carbons (Fsp3) is 0.385. The lowest BCUT2D eigenvalue weighted by molar-refractivity contribution is -0.142. The molecule has 0 bridgehead atoms. The third-order valence-electron chi connectivity index (χ3n) is 2.45. The van der Waals surface area contributed by atoms with Gasteiger partial charge in [-0.2, -0.15) is 0 Å². The van der Waals surface area contributed by atoms with Crippen LogP contribution in [-0.4, -0.2) is 31.4 Å². The van der Waals surface area contributed by atoms with Crippen molar-refractivity contribution in [1.29, 1.82) is 0 Å². The van der Waals surface area contributed by atoms with Crippen LogP contribution >= 0.6 is 0 Å². The molecule has 1 aromatic carbocycles. The Hall–Kier alpha value is -1.68. The molecular weight excluding hydrogens is 218 g/mol. The van der Waals surface area contributed by atoms with Crippen LogP contribution in [0.25, 0.3) is 0 Å². The van der Waals surface area contributed by atoms with Gasteiger partial charge in [0.25, 0.3) is 0 Å². The molecule has 0 saturated carbocycles. The van der Waals surface area contributed by atoms with Gasteiger partial charge in [-0.3, -0.25) is 9.59 Å². The molecule has 4 nitrogen and oxygen atoms in total. The van der Waals surface area contributed by atoms with E-state index >= 15 is 0 Å². The maximum atomic E-state index is 11.7. The Morgan fingerprint density at radius 1 is 1.29 bits per heavy atom. The molecule has 4 heteroatoms. The Labute approximate surface area is 101 Å². The van der Waals surface area contributed by atoms with Crippen LogP contribution in [0.1, 0.15) is 23.7 Å². The van der Waals surface area contributed by atoms with E-state index in [2.05, 4.69) is 10.1 Å². The Morgan fingerprint density at radius 2 is 1.94 bits per heavy atom. The van der Waals surface area contributed by atoms with E-state index in [4.69, 9.17) is 0 Å². The fourth-order valence-electron chi connectivity index (χ4n) is 1.43. The number of ether oxygens (including phenoxy) is 1. The van der Waals surface area contributed by atoms with Crippen LogP contribution in [0.2, 0.25) is 0 Å². The van der Waals surface area contributed by atoms with Gasteiger partial charge in [0, 0.05) is 18.5 Å². The lowest BCUT2D eigenvalue weighted by atomic mass is 10.1. The molecule has 17 heavy (non-hydrogen) atoms. The molecule has 0 aromatic heterocycles. The van der Waals surface area contributed by atoms with E-state index in [0.29, 0.717) is 18.5 Å². The number of Topliss-reactive ketones (excluding diaryl/α,β-unsaturated/α-hetero) is 1. The lowest BCUT2D eigenvalue weighted by Crippen LogP contribution is -2.36. The molecule has 92 valence electrons. The summed E-state index contributed by atoms with van der Waals surface area (Å²) in [4.78, 5) is 22.8. The third-order valence-corrected chi connectivity index (χ3v) is 2.45. The summed E-state index contributed by atoms with van der Waals surface area (Å²) in [6.07, 6.45) is 0.366. The summed E-state index contributed by atoms with van der Waals surface area (Å²) in [5.41, 5.74) is 0.694. The maximum absolute atomic E-state index is 11.7. The van der Waals surface area contributed by atoms with Crippen molar-refractivity contribution in [3.05, 3.63) is 35.9 Å². The summed E-state index contributed by atoms with van der Waals surface area (Å²) in [6, 6.07) is 8.71. The first-order valence-corrected chi connectivity index (χ1v) is 5.54. The Bertz CT molecular complexity index is 376. The second kappa shape index (κ2) is 6.81. The number of carbonyl (C=O) groups is 2. The van der Waals surface area contributed by atoms with Crippen molar-refractivity contribution >= 4 is 11.8 Å². The average Bonchev–Trinajstić information content (AvgIpc) is 2.38. The van der Waals surface area contributed by atoms with Gasteiger partial charge in [-0.1, -0.05) is 30.3 Å². The van der Waals surface area contributed by atoms with Gasteiger partial charge in [-0.25, -0.2) is 0 Å². The minimum absolute atomic E-state index is 0.0650. The standard InChI is InChI=1S/C13H17NO3/c1-10(13(16)17-2)14-9-8-12(15)11-6-4-3-5-7-11/h3-7,10,14H,8-9H2,1-2H3/t10-/m0/s1. The molecule has 0 amide bonds. The first-order chi connectivity index (χ1) is 8.15. The first kappa shape index (κ1) is 13.4. The molecule has 0 aliphatic heterocycles. The second-order valence-electron chi connectivity index (χ2n) is 3.74. The van der Waals surface area contributed by atoms with Crippen molar-refractivity contribution in [3.8, 4) is 0 Å². The van der Waals surface area contributed by atoms with Crippen molar-refractivity contribution in [2.45, 2.75) is 19.4 Å². The summed E-state index contributed by atoms with van der Waals surface area (Å²) in [5.74, 6) is -0.257. The van der Waals surface area contributed by atoms with E-state index < -0.39 is 0 Å². The van der Waals surface area contributed by atoms with Crippen molar-refractivity contribution in [3.63, 3.8) is 0 Å². The van der Waals surface area contributed by atoms with Crippen LogP contribution in [0.15, 0.2) is 30.3 Å². The smallest absolute Gasteiger partial charge is 0.322 e. The molecule has 1 aromatic rings. The number of hydrogen-bond acceptors (Lipinski definition) is 4. The molecule has 1 rings (SSSR count). The SMILES string of the molecule is COC(=O)[C@H](C)NCCC(=O)c1ccccc1. The van der Waals surface area contributed by atoms with Crippen LogP contribution in [0.3, 0.4) is 0 Å². The number of benzene rings is 1. The fourth-order valence-corrected chi connectivity index (χ4v) is 1.43. The largest absolute Gasteiger partial charge is 0.468 e. The lowest BCUT2D eigenvalue weighted by Gasteiger charge is -2.10. The molecule has 0 aliphatic rings. The zero-order valence-corrected chi connectivity index (χ0v) is 10.1. The van der Waals surface area contributed by atoms with E-state index in [1.807, 2.05) is 18.2 Å². The molecular formula is C13H17NO3.